The van der Waals surface area contributed by atoms with Gasteiger partial charge < -0.3 is 5.73 Å². The summed E-state index contributed by atoms with van der Waals surface area (Å²) in [5, 5.41) is 0. The monoisotopic (exact) mass is 277 g/mol. The molecule has 3 heteroatoms. The van der Waals surface area contributed by atoms with Crippen molar-refractivity contribution in [2.75, 3.05) is 0 Å². The number of hydrogen-bond acceptors (Lipinski definition) is 1. The Morgan fingerprint density at radius 2 is 2.00 bits per heavy atom. The lowest BCUT2D eigenvalue weighted by Gasteiger charge is -2.07. The molecule has 0 bridgehead atoms. The van der Waals surface area contributed by atoms with Crippen molar-refractivity contribution in [3.63, 3.8) is 0 Å². The van der Waals surface area contributed by atoms with Gasteiger partial charge in [-0.1, -0.05) is 31.9 Å². The second kappa shape index (κ2) is 3.70. The van der Waals surface area contributed by atoms with E-state index in [1.165, 1.54) is 0 Å². The molecule has 60 valence electrons. The lowest BCUT2D eigenvalue weighted by atomic mass is 10.1. The van der Waals surface area contributed by atoms with Gasteiger partial charge in [0.2, 0.25) is 0 Å². The van der Waals surface area contributed by atoms with E-state index in [2.05, 4.69) is 31.9 Å². The number of rotatable bonds is 1. The van der Waals surface area contributed by atoms with E-state index >= 15 is 0 Å². The van der Waals surface area contributed by atoms with Crippen molar-refractivity contribution in [3.05, 3.63) is 32.7 Å². The Labute approximate surface area is 83.2 Å². The highest BCUT2D eigenvalue weighted by atomic mass is 79.9. The molecule has 0 saturated carbocycles. The van der Waals surface area contributed by atoms with Gasteiger partial charge in [-0.3, -0.25) is 0 Å². The summed E-state index contributed by atoms with van der Waals surface area (Å²) in [4.78, 5) is 0. The Morgan fingerprint density at radius 3 is 2.45 bits per heavy atom. The maximum atomic E-state index is 5.73. The number of halogens is 2. The molecule has 1 aromatic rings. The van der Waals surface area contributed by atoms with E-state index in [9.17, 15) is 0 Å². The first-order valence-corrected chi connectivity index (χ1v) is 4.90. The zero-order valence-corrected chi connectivity index (χ0v) is 9.31. The molecule has 1 nitrogen and oxygen atoms in total. The highest BCUT2D eigenvalue weighted by Crippen LogP contribution is 2.25. The summed E-state index contributed by atoms with van der Waals surface area (Å²) in [6.45, 7) is 1.96. The zero-order chi connectivity index (χ0) is 8.43. The Hall–Kier alpha value is 0.140. The van der Waals surface area contributed by atoms with E-state index in [0.29, 0.717) is 0 Å². The van der Waals surface area contributed by atoms with E-state index in [1.807, 2.05) is 25.1 Å². The molecule has 0 aliphatic heterocycles. The lowest BCUT2D eigenvalue weighted by molar-refractivity contribution is 0.812. The fraction of sp³-hybridized carbons (Fsp3) is 0.250. The van der Waals surface area contributed by atoms with Gasteiger partial charge in [-0.05, 0) is 30.7 Å². The van der Waals surface area contributed by atoms with Crippen LogP contribution < -0.4 is 5.73 Å². The van der Waals surface area contributed by atoms with Crippen LogP contribution >= 0.6 is 31.9 Å². The molecule has 0 fully saturated rings. The van der Waals surface area contributed by atoms with Crippen molar-refractivity contribution in [2.24, 2.45) is 5.73 Å². The molecule has 11 heavy (non-hydrogen) atoms. The second-order valence-corrected chi connectivity index (χ2v) is 4.22. The largest absolute Gasteiger partial charge is 0.324 e. The molecule has 0 aliphatic rings. The number of hydrogen-bond donors (Lipinski definition) is 1. The fourth-order valence-corrected chi connectivity index (χ4v) is 1.85. The van der Waals surface area contributed by atoms with Crippen LogP contribution in [-0.4, -0.2) is 0 Å². The average molecular weight is 279 g/mol. The fourth-order valence-electron chi connectivity index (χ4n) is 0.864. The van der Waals surface area contributed by atoms with Gasteiger partial charge >= 0.3 is 0 Å². The third-order valence-electron chi connectivity index (χ3n) is 1.45. The molecule has 0 spiro atoms. The average Bonchev–Trinajstić information content (AvgIpc) is 1.94. The molecule has 0 saturated heterocycles. The number of nitrogens with two attached hydrogens (primary N) is 1. The number of benzene rings is 1. The minimum absolute atomic E-state index is 0.0712. The van der Waals surface area contributed by atoms with Crippen LogP contribution in [0.15, 0.2) is 27.1 Å². The van der Waals surface area contributed by atoms with E-state index in [0.717, 1.165) is 14.5 Å². The molecule has 0 unspecified atom stereocenters. The van der Waals surface area contributed by atoms with Crippen molar-refractivity contribution in [1.29, 1.82) is 0 Å². The SMILES string of the molecule is C[C@@H](N)c1cc(Br)ccc1Br. The molecule has 2 N–H and O–H groups in total. The summed E-state index contributed by atoms with van der Waals surface area (Å²) in [6, 6.07) is 6.06. The second-order valence-electron chi connectivity index (χ2n) is 2.45. The van der Waals surface area contributed by atoms with Crippen molar-refractivity contribution in [1.82, 2.24) is 0 Å². The van der Waals surface area contributed by atoms with Gasteiger partial charge in [0.05, 0.1) is 0 Å². The molecular weight excluding hydrogens is 270 g/mol. The third kappa shape index (κ3) is 2.29. The molecule has 0 heterocycles. The molecule has 1 aromatic carbocycles. The third-order valence-corrected chi connectivity index (χ3v) is 2.66. The first-order chi connectivity index (χ1) is 5.11. The molecular formula is C8H9Br2N. The Bertz CT molecular complexity index is 258. The molecule has 0 aromatic heterocycles. The van der Waals surface area contributed by atoms with Crippen LogP contribution in [0.4, 0.5) is 0 Å². The zero-order valence-electron chi connectivity index (χ0n) is 6.14. The van der Waals surface area contributed by atoms with Gasteiger partial charge in [0.1, 0.15) is 0 Å². The molecule has 1 atom stereocenters. The maximum absolute atomic E-state index is 5.73. The van der Waals surface area contributed by atoms with Gasteiger partial charge in [0, 0.05) is 15.0 Å². The summed E-state index contributed by atoms with van der Waals surface area (Å²) < 4.78 is 2.13. The first-order valence-electron chi connectivity index (χ1n) is 3.32. The summed E-state index contributed by atoms with van der Waals surface area (Å²) in [5.74, 6) is 0. The van der Waals surface area contributed by atoms with Gasteiger partial charge in [0.15, 0.2) is 0 Å². The topological polar surface area (TPSA) is 26.0 Å². The summed E-state index contributed by atoms with van der Waals surface area (Å²) in [6.07, 6.45) is 0. The van der Waals surface area contributed by atoms with Crippen molar-refractivity contribution < 1.29 is 0 Å². The van der Waals surface area contributed by atoms with Crippen LogP contribution in [0.25, 0.3) is 0 Å². The van der Waals surface area contributed by atoms with Crippen LogP contribution in [0.2, 0.25) is 0 Å². The Kier molecular flexibility index (Phi) is 3.10. The molecule has 0 amide bonds. The highest BCUT2D eigenvalue weighted by molar-refractivity contribution is 9.11. The van der Waals surface area contributed by atoms with Crippen LogP contribution in [0.1, 0.15) is 18.5 Å². The standard InChI is InChI=1S/C8H9Br2N/c1-5(11)7-4-6(9)2-3-8(7)10/h2-5H,11H2,1H3/t5-/m1/s1. The predicted molar refractivity (Wildman–Crippen MR) is 54.4 cm³/mol. The highest BCUT2D eigenvalue weighted by Gasteiger charge is 2.03. The molecule has 0 aliphatic carbocycles. The van der Waals surface area contributed by atoms with Crippen LogP contribution in [0.3, 0.4) is 0 Å². The normalized spacial score (nSPS) is 13.1. The van der Waals surface area contributed by atoms with Crippen molar-refractivity contribution in [2.45, 2.75) is 13.0 Å². The summed E-state index contributed by atoms with van der Waals surface area (Å²) in [7, 11) is 0. The summed E-state index contributed by atoms with van der Waals surface area (Å²) in [5.41, 5.74) is 6.86. The summed E-state index contributed by atoms with van der Waals surface area (Å²) >= 11 is 6.82. The Balaban J connectivity index is 3.13. The van der Waals surface area contributed by atoms with Gasteiger partial charge in [-0.15, -0.1) is 0 Å². The molecule has 1 rings (SSSR count). The van der Waals surface area contributed by atoms with E-state index in [1.54, 1.807) is 0 Å². The first kappa shape index (κ1) is 9.23. The van der Waals surface area contributed by atoms with Crippen molar-refractivity contribution in [3.8, 4) is 0 Å². The maximum Gasteiger partial charge on any atom is 0.0277 e. The van der Waals surface area contributed by atoms with Gasteiger partial charge in [-0.2, -0.15) is 0 Å². The minimum Gasteiger partial charge on any atom is -0.324 e. The minimum atomic E-state index is 0.0712. The van der Waals surface area contributed by atoms with E-state index in [-0.39, 0.29) is 6.04 Å². The lowest BCUT2D eigenvalue weighted by Crippen LogP contribution is -2.05. The quantitative estimate of drug-likeness (QED) is 0.839. The van der Waals surface area contributed by atoms with Gasteiger partial charge in [-0.25, -0.2) is 0 Å². The van der Waals surface area contributed by atoms with Gasteiger partial charge in [0.25, 0.3) is 0 Å². The van der Waals surface area contributed by atoms with E-state index in [4.69, 9.17) is 5.73 Å². The smallest absolute Gasteiger partial charge is 0.0277 e. The Morgan fingerprint density at radius 1 is 1.36 bits per heavy atom. The van der Waals surface area contributed by atoms with Crippen molar-refractivity contribution >= 4 is 31.9 Å². The van der Waals surface area contributed by atoms with Crippen LogP contribution in [0.5, 0.6) is 0 Å². The predicted octanol–water partition coefficient (Wildman–Crippen LogP) is 3.23. The van der Waals surface area contributed by atoms with E-state index < -0.39 is 0 Å². The van der Waals surface area contributed by atoms with Crippen LogP contribution in [-0.2, 0) is 0 Å². The van der Waals surface area contributed by atoms with Crippen LogP contribution in [0, 0.1) is 0 Å². The molecule has 0 radical (unpaired) electrons.